The average molecular weight is 428 g/mol. The SMILES string of the molecule is O=C(ON1C(=O)c2ccccc2C1=O)c1ccc(Oc2ccc(C(F)(F)F)cn2)cc1. The van der Waals surface area contributed by atoms with Crippen molar-refractivity contribution in [3.8, 4) is 11.6 Å². The Balaban J connectivity index is 1.42. The minimum atomic E-state index is -4.51. The third-order valence-electron chi connectivity index (χ3n) is 4.31. The summed E-state index contributed by atoms with van der Waals surface area (Å²) in [7, 11) is 0. The lowest BCUT2D eigenvalue weighted by Gasteiger charge is -2.13. The molecule has 0 bridgehead atoms. The summed E-state index contributed by atoms with van der Waals surface area (Å²) >= 11 is 0. The van der Waals surface area contributed by atoms with E-state index in [2.05, 4.69) is 4.98 Å². The second-order valence-corrected chi connectivity index (χ2v) is 6.34. The molecule has 0 saturated heterocycles. The third-order valence-corrected chi connectivity index (χ3v) is 4.31. The maximum atomic E-state index is 12.6. The van der Waals surface area contributed by atoms with Gasteiger partial charge in [-0.2, -0.15) is 13.2 Å². The van der Waals surface area contributed by atoms with Crippen LogP contribution in [0, 0.1) is 0 Å². The van der Waals surface area contributed by atoms with Crippen LogP contribution in [0.25, 0.3) is 0 Å². The van der Waals surface area contributed by atoms with E-state index in [1.54, 1.807) is 12.1 Å². The fourth-order valence-electron chi connectivity index (χ4n) is 2.77. The average Bonchev–Trinajstić information content (AvgIpc) is 2.99. The summed E-state index contributed by atoms with van der Waals surface area (Å²) in [5.41, 5.74) is -0.628. The molecule has 7 nitrogen and oxygen atoms in total. The standard InChI is InChI=1S/C21H11F3N2O5/c22-21(23,24)13-7-10-17(25-11-13)30-14-8-5-12(6-9-14)20(29)31-26-18(27)15-3-1-2-4-16(15)19(26)28/h1-11H. The van der Waals surface area contributed by atoms with Crippen molar-refractivity contribution in [2.75, 3.05) is 0 Å². The smallest absolute Gasteiger partial charge is 0.417 e. The van der Waals surface area contributed by atoms with Gasteiger partial charge < -0.3 is 9.57 Å². The number of ether oxygens (including phenoxy) is 1. The minimum absolute atomic E-state index is 0.0179. The van der Waals surface area contributed by atoms with E-state index in [1.807, 2.05) is 0 Å². The van der Waals surface area contributed by atoms with Gasteiger partial charge in [-0.3, -0.25) is 9.59 Å². The number of benzene rings is 2. The van der Waals surface area contributed by atoms with Crippen molar-refractivity contribution in [3.05, 3.63) is 89.1 Å². The van der Waals surface area contributed by atoms with Gasteiger partial charge in [0.25, 0.3) is 11.8 Å². The monoisotopic (exact) mass is 428 g/mol. The molecule has 0 aliphatic carbocycles. The first kappa shape index (κ1) is 20.1. The number of pyridine rings is 1. The molecule has 0 saturated carbocycles. The van der Waals surface area contributed by atoms with Gasteiger partial charge in [-0.25, -0.2) is 9.78 Å². The molecule has 0 atom stereocenters. The highest BCUT2D eigenvalue weighted by Gasteiger charge is 2.38. The highest BCUT2D eigenvalue weighted by Crippen LogP contribution is 2.30. The molecule has 0 N–H and O–H groups in total. The molecule has 1 aromatic heterocycles. The number of amides is 2. The number of hydroxylamine groups is 2. The summed E-state index contributed by atoms with van der Waals surface area (Å²) in [5, 5.41) is 0.392. The second kappa shape index (κ2) is 7.56. The Kier molecular flexibility index (Phi) is 4.90. The van der Waals surface area contributed by atoms with Gasteiger partial charge in [0, 0.05) is 12.3 Å². The molecule has 4 rings (SSSR count). The minimum Gasteiger partial charge on any atom is -0.439 e. The number of halogens is 3. The quantitative estimate of drug-likeness (QED) is 0.578. The number of aromatic nitrogens is 1. The van der Waals surface area contributed by atoms with Crippen LogP contribution in [-0.2, 0) is 11.0 Å². The summed E-state index contributed by atoms with van der Waals surface area (Å²) < 4.78 is 43.0. The highest BCUT2D eigenvalue weighted by molar-refractivity contribution is 6.21. The summed E-state index contributed by atoms with van der Waals surface area (Å²) in [5.74, 6) is -2.32. The van der Waals surface area contributed by atoms with E-state index in [1.165, 1.54) is 36.4 Å². The summed E-state index contributed by atoms with van der Waals surface area (Å²) in [6.07, 6.45) is -3.86. The van der Waals surface area contributed by atoms with E-state index in [-0.39, 0.29) is 28.3 Å². The molecule has 3 aromatic rings. The fraction of sp³-hybridized carbons (Fsp3) is 0.0476. The Hall–Kier alpha value is -4.21. The van der Waals surface area contributed by atoms with Gasteiger partial charge in [-0.1, -0.05) is 17.2 Å². The number of rotatable bonds is 4. The van der Waals surface area contributed by atoms with Crippen molar-refractivity contribution in [1.82, 2.24) is 10.0 Å². The van der Waals surface area contributed by atoms with Gasteiger partial charge in [-0.15, -0.1) is 0 Å². The molecule has 1 aliphatic rings. The molecule has 31 heavy (non-hydrogen) atoms. The maximum absolute atomic E-state index is 12.6. The van der Waals surface area contributed by atoms with Crippen LogP contribution in [0.15, 0.2) is 66.9 Å². The highest BCUT2D eigenvalue weighted by atomic mass is 19.4. The van der Waals surface area contributed by atoms with E-state index >= 15 is 0 Å². The van der Waals surface area contributed by atoms with Gasteiger partial charge in [0.2, 0.25) is 5.88 Å². The Morgan fingerprint density at radius 3 is 2.00 bits per heavy atom. The Morgan fingerprint density at radius 2 is 1.48 bits per heavy atom. The Labute approximate surface area is 172 Å². The first-order valence-corrected chi connectivity index (χ1v) is 8.75. The van der Waals surface area contributed by atoms with Crippen LogP contribution >= 0.6 is 0 Å². The maximum Gasteiger partial charge on any atom is 0.417 e. The van der Waals surface area contributed by atoms with Crippen LogP contribution in [-0.4, -0.2) is 27.8 Å². The van der Waals surface area contributed by atoms with Crippen LogP contribution < -0.4 is 4.74 Å². The van der Waals surface area contributed by atoms with E-state index < -0.39 is 29.5 Å². The Morgan fingerprint density at radius 1 is 0.871 bits per heavy atom. The van der Waals surface area contributed by atoms with E-state index in [9.17, 15) is 27.6 Å². The van der Waals surface area contributed by atoms with Crippen molar-refractivity contribution in [2.24, 2.45) is 0 Å². The number of carbonyl (C=O) groups is 3. The molecule has 2 heterocycles. The molecule has 0 spiro atoms. The zero-order chi connectivity index (χ0) is 22.2. The topological polar surface area (TPSA) is 85.8 Å². The van der Waals surface area contributed by atoms with E-state index in [0.717, 1.165) is 12.1 Å². The molecule has 0 unspecified atom stereocenters. The van der Waals surface area contributed by atoms with Crippen molar-refractivity contribution >= 4 is 17.8 Å². The molecular formula is C21H11F3N2O5. The van der Waals surface area contributed by atoms with Gasteiger partial charge in [0.15, 0.2) is 0 Å². The summed E-state index contributed by atoms with van der Waals surface area (Å²) in [6, 6.07) is 13.3. The summed E-state index contributed by atoms with van der Waals surface area (Å²) in [4.78, 5) is 45.3. The van der Waals surface area contributed by atoms with Crippen LogP contribution in [0.5, 0.6) is 11.6 Å². The lowest BCUT2D eigenvalue weighted by atomic mass is 10.1. The van der Waals surface area contributed by atoms with Gasteiger partial charge >= 0.3 is 12.1 Å². The number of fused-ring (bicyclic) bond motifs is 1. The molecule has 0 fully saturated rings. The number of hydrogen-bond donors (Lipinski definition) is 0. The molecule has 1 aliphatic heterocycles. The predicted octanol–water partition coefficient (Wildman–Crippen LogP) is 4.26. The number of carbonyl (C=O) groups excluding carboxylic acids is 3. The van der Waals surface area contributed by atoms with Crippen molar-refractivity contribution < 1.29 is 37.1 Å². The Bertz CT molecular complexity index is 1140. The van der Waals surface area contributed by atoms with Crippen molar-refractivity contribution in [3.63, 3.8) is 0 Å². The lowest BCUT2D eigenvalue weighted by Crippen LogP contribution is -2.32. The zero-order valence-electron chi connectivity index (χ0n) is 15.4. The number of nitrogens with zero attached hydrogens (tertiary/aromatic N) is 2. The summed E-state index contributed by atoms with van der Waals surface area (Å²) in [6.45, 7) is 0. The van der Waals surface area contributed by atoms with Crippen molar-refractivity contribution in [1.29, 1.82) is 0 Å². The van der Waals surface area contributed by atoms with Crippen LogP contribution in [0.4, 0.5) is 13.2 Å². The third kappa shape index (κ3) is 3.95. The number of imide groups is 1. The number of alkyl halides is 3. The molecule has 0 radical (unpaired) electrons. The molecule has 2 amide bonds. The molecule has 10 heteroatoms. The van der Waals surface area contributed by atoms with E-state index in [0.29, 0.717) is 11.3 Å². The van der Waals surface area contributed by atoms with Crippen LogP contribution in [0.1, 0.15) is 36.6 Å². The largest absolute Gasteiger partial charge is 0.439 e. The zero-order valence-corrected chi connectivity index (χ0v) is 15.4. The molecular weight excluding hydrogens is 417 g/mol. The van der Waals surface area contributed by atoms with Crippen LogP contribution in [0.2, 0.25) is 0 Å². The molecule has 2 aromatic carbocycles. The predicted molar refractivity (Wildman–Crippen MR) is 98.1 cm³/mol. The van der Waals surface area contributed by atoms with Crippen molar-refractivity contribution in [2.45, 2.75) is 6.18 Å². The normalized spacial score (nSPS) is 13.2. The van der Waals surface area contributed by atoms with Gasteiger partial charge in [0.1, 0.15) is 5.75 Å². The fourth-order valence-corrected chi connectivity index (χ4v) is 2.77. The van der Waals surface area contributed by atoms with Gasteiger partial charge in [-0.05, 0) is 42.5 Å². The first-order chi connectivity index (χ1) is 14.7. The molecule has 156 valence electrons. The van der Waals surface area contributed by atoms with Crippen LogP contribution in [0.3, 0.4) is 0 Å². The number of hydrogen-bond acceptors (Lipinski definition) is 6. The first-order valence-electron chi connectivity index (χ1n) is 8.75. The van der Waals surface area contributed by atoms with E-state index in [4.69, 9.17) is 9.57 Å². The van der Waals surface area contributed by atoms with Gasteiger partial charge in [0.05, 0.1) is 22.3 Å². The lowest BCUT2D eigenvalue weighted by molar-refractivity contribution is -0.137. The second-order valence-electron chi connectivity index (χ2n) is 6.34.